The molecule has 0 aliphatic carbocycles. The van der Waals surface area contributed by atoms with Crippen LogP contribution in [-0.2, 0) is 0 Å². The molecule has 2 heterocycles. The summed E-state index contributed by atoms with van der Waals surface area (Å²) in [5.41, 5.74) is 0.907. The van der Waals surface area contributed by atoms with E-state index in [0.717, 1.165) is 12.8 Å². The molecule has 0 fully saturated rings. The van der Waals surface area contributed by atoms with E-state index < -0.39 is 0 Å². The van der Waals surface area contributed by atoms with Crippen molar-refractivity contribution < 1.29 is 9.59 Å². The van der Waals surface area contributed by atoms with Crippen molar-refractivity contribution in [2.45, 2.75) is 19.8 Å². The standard InChI is InChI=1S/C11H12N2O2/c1-2-3-6-13-10(14)8-4-5-12-7-9(8)11(13)15/h4-5,7H,2-3,6H2,1H3. The lowest BCUT2D eigenvalue weighted by atomic mass is 10.2. The summed E-state index contributed by atoms with van der Waals surface area (Å²) in [4.78, 5) is 28.7. The van der Waals surface area contributed by atoms with E-state index in [1.165, 1.54) is 17.3 Å². The summed E-state index contributed by atoms with van der Waals surface area (Å²) >= 11 is 0. The maximum atomic E-state index is 11.8. The van der Waals surface area contributed by atoms with E-state index in [2.05, 4.69) is 4.98 Å². The minimum absolute atomic E-state index is 0.189. The molecule has 1 aromatic heterocycles. The number of carbonyl (C=O) groups is 2. The summed E-state index contributed by atoms with van der Waals surface area (Å²) < 4.78 is 0. The van der Waals surface area contributed by atoms with Crippen LogP contribution in [0.1, 0.15) is 40.5 Å². The molecule has 15 heavy (non-hydrogen) atoms. The molecular formula is C11H12N2O2. The second kappa shape index (κ2) is 3.81. The van der Waals surface area contributed by atoms with Gasteiger partial charge in [0.2, 0.25) is 0 Å². The molecule has 1 aromatic rings. The van der Waals surface area contributed by atoms with E-state index in [1.54, 1.807) is 6.07 Å². The van der Waals surface area contributed by atoms with E-state index in [-0.39, 0.29) is 11.8 Å². The van der Waals surface area contributed by atoms with Gasteiger partial charge in [-0.1, -0.05) is 13.3 Å². The van der Waals surface area contributed by atoms with Crippen molar-refractivity contribution in [1.82, 2.24) is 9.88 Å². The molecule has 2 amide bonds. The molecule has 4 heteroatoms. The van der Waals surface area contributed by atoms with Gasteiger partial charge in [0.25, 0.3) is 11.8 Å². The first-order valence-electron chi connectivity index (χ1n) is 5.06. The molecule has 1 aliphatic heterocycles. The Kier molecular flexibility index (Phi) is 2.49. The molecule has 1 aliphatic rings. The Labute approximate surface area is 87.9 Å². The molecule has 0 spiro atoms. The van der Waals surface area contributed by atoms with Crippen molar-refractivity contribution >= 4 is 11.8 Å². The van der Waals surface area contributed by atoms with Crippen LogP contribution >= 0.6 is 0 Å². The van der Waals surface area contributed by atoms with Gasteiger partial charge in [0.05, 0.1) is 11.1 Å². The highest BCUT2D eigenvalue weighted by molar-refractivity contribution is 6.21. The number of unbranched alkanes of at least 4 members (excludes halogenated alkanes) is 1. The van der Waals surface area contributed by atoms with Crippen molar-refractivity contribution in [2.24, 2.45) is 0 Å². The van der Waals surface area contributed by atoms with E-state index in [4.69, 9.17) is 0 Å². The van der Waals surface area contributed by atoms with E-state index in [0.29, 0.717) is 17.7 Å². The number of amides is 2. The molecule has 0 atom stereocenters. The smallest absolute Gasteiger partial charge is 0.263 e. The molecule has 0 saturated carbocycles. The Bertz CT molecular complexity index is 380. The molecular weight excluding hydrogens is 192 g/mol. The fraction of sp³-hybridized carbons (Fsp3) is 0.364. The monoisotopic (exact) mass is 204 g/mol. The predicted molar refractivity (Wildman–Crippen MR) is 54.5 cm³/mol. The summed E-state index contributed by atoms with van der Waals surface area (Å²) in [6.07, 6.45) is 4.80. The zero-order chi connectivity index (χ0) is 10.8. The zero-order valence-corrected chi connectivity index (χ0v) is 8.56. The van der Waals surface area contributed by atoms with Gasteiger partial charge in [-0.05, 0) is 12.5 Å². The third-order valence-corrected chi connectivity index (χ3v) is 2.51. The minimum atomic E-state index is -0.212. The molecule has 0 unspecified atom stereocenters. The van der Waals surface area contributed by atoms with Gasteiger partial charge >= 0.3 is 0 Å². The zero-order valence-electron chi connectivity index (χ0n) is 8.56. The van der Waals surface area contributed by atoms with Crippen LogP contribution in [0.4, 0.5) is 0 Å². The first-order chi connectivity index (χ1) is 7.25. The number of rotatable bonds is 3. The Morgan fingerprint density at radius 1 is 1.27 bits per heavy atom. The molecule has 2 rings (SSSR count). The molecule has 4 nitrogen and oxygen atoms in total. The fourth-order valence-corrected chi connectivity index (χ4v) is 1.65. The lowest BCUT2D eigenvalue weighted by Gasteiger charge is -2.12. The van der Waals surface area contributed by atoms with Gasteiger partial charge in [-0.15, -0.1) is 0 Å². The fourth-order valence-electron chi connectivity index (χ4n) is 1.65. The lowest BCUT2D eigenvalue weighted by Crippen LogP contribution is -2.30. The van der Waals surface area contributed by atoms with Crippen LogP contribution in [0, 0.1) is 0 Å². The van der Waals surface area contributed by atoms with Crippen LogP contribution in [0.3, 0.4) is 0 Å². The summed E-state index contributed by atoms with van der Waals surface area (Å²) in [6.45, 7) is 2.53. The highest BCUT2D eigenvalue weighted by Gasteiger charge is 2.34. The number of carbonyl (C=O) groups excluding carboxylic acids is 2. The number of nitrogens with zero attached hydrogens (tertiary/aromatic N) is 2. The van der Waals surface area contributed by atoms with Gasteiger partial charge in [0.15, 0.2) is 0 Å². The Balaban J connectivity index is 2.29. The van der Waals surface area contributed by atoms with E-state index >= 15 is 0 Å². The molecule has 0 aromatic carbocycles. The second-order valence-corrected chi connectivity index (χ2v) is 3.54. The van der Waals surface area contributed by atoms with Gasteiger partial charge in [0, 0.05) is 18.9 Å². The number of fused-ring (bicyclic) bond motifs is 1. The molecule has 0 radical (unpaired) electrons. The number of pyridine rings is 1. The molecule has 0 N–H and O–H groups in total. The summed E-state index contributed by atoms with van der Waals surface area (Å²) in [5.74, 6) is -0.401. The topological polar surface area (TPSA) is 50.3 Å². The van der Waals surface area contributed by atoms with E-state index in [9.17, 15) is 9.59 Å². The highest BCUT2D eigenvalue weighted by atomic mass is 16.2. The lowest BCUT2D eigenvalue weighted by molar-refractivity contribution is 0.0652. The number of imide groups is 1. The average Bonchev–Trinajstić information content (AvgIpc) is 2.51. The maximum Gasteiger partial charge on any atom is 0.263 e. The average molecular weight is 204 g/mol. The van der Waals surface area contributed by atoms with Crippen molar-refractivity contribution in [3.8, 4) is 0 Å². The highest BCUT2D eigenvalue weighted by Crippen LogP contribution is 2.21. The number of hydrogen-bond acceptors (Lipinski definition) is 3. The van der Waals surface area contributed by atoms with Gasteiger partial charge < -0.3 is 0 Å². The maximum absolute atomic E-state index is 11.8. The van der Waals surface area contributed by atoms with Gasteiger partial charge in [-0.3, -0.25) is 19.5 Å². The van der Waals surface area contributed by atoms with Gasteiger partial charge in [-0.2, -0.15) is 0 Å². The quantitative estimate of drug-likeness (QED) is 0.701. The predicted octanol–water partition coefficient (Wildman–Crippen LogP) is 1.48. The van der Waals surface area contributed by atoms with Gasteiger partial charge in [0.1, 0.15) is 0 Å². The van der Waals surface area contributed by atoms with Crippen molar-refractivity contribution in [1.29, 1.82) is 0 Å². The normalized spacial score (nSPS) is 14.6. The van der Waals surface area contributed by atoms with Crippen LogP contribution in [-0.4, -0.2) is 28.2 Å². The van der Waals surface area contributed by atoms with Crippen molar-refractivity contribution in [2.75, 3.05) is 6.54 Å². The summed E-state index contributed by atoms with van der Waals surface area (Å²) in [5, 5.41) is 0. The SMILES string of the molecule is CCCCN1C(=O)c2ccncc2C1=O. The van der Waals surface area contributed by atoms with Crippen LogP contribution in [0.5, 0.6) is 0 Å². The summed E-state index contributed by atoms with van der Waals surface area (Å²) in [7, 11) is 0. The first kappa shape index (κ1) is 9.83. The van der Waals surface area contributed by atoms with Crippen molar-refractivity contribution in [3.63, 3.8) is 0 Å². The van der Waals surface area contributed by atoms with E-state index in [1.807, 2.05) is 6.92 Å². The third-order valence-electron chi connectivity index (χ3n) is 2.51. The Morgan fingerprint density at radius 3 is 2.67 bits per heavy atom. The molecule has 78 valence electrons. The van der Waals surface area contributed by atoms with Crippen LogP contribution in [0.2, 0.25) is 0 Å². The van der Waals surface area contributed by atoms with Crippen LogP contribution < -0.4 is 0 Å². The Morgan fingerprint density at radius 2 is 2.00 bits per heavy atom. The summed E-state index contributed by atoms with van der Waals surface area (Å²) in [6, 6.07) is 1.60. The van der Waals surface area contributed by atoms with Crippen LogP contribution in [0.15, 0.2) is 18.5 Å². The van der Waals surface area contributed by atoms with Crippen molar-refractivity contribution in [3.05, 3.63) is 29.6 Å². The first-order valence-corrected chi connectivity index (χ1v) is 5.06. The minimum Gasteiger partial charge on any atom is -0.274 e. The molecule has 0 saturated heterocycles. The largest absolute Gasteiger partial charge is 0.274 e. The second-order valence-electron chi connectivity index (χ2n) is 3.54. The van der Waals surface area contributed by atoms with Crippen LogP contribution in [0.25, 0.3) is 0 Å². The number of hydrogen-bond donors (Lipinski definition) is 0. The third kappa shape index (κ3) is 1.52. The molecule has 0 bridgehead atoms. The Hall–Kier alpha value is -1.71. The van der Waals surface area contributed by atoms with Gasteiger partial charge in [-0.25, -0.2) is 0 Å². The number of aromatic nitrogens is 1.